The Balaban J connectivity index is 1.23. The second-order valence-corrected chi connectivity index (χ2v) is 15.1. The second kappa shape index (κ2) is 12.6. The summed E-state index contributed by atoms with van der Waals surface area (Å²) in [5.74, 6) is 0.0291. The van der Waals surface area contributed by atoms with Crippen LogP contribution in [0.25, 0.3) is 32.9 Å². The van der Waals surface area contributed by atoms with Crippen LogP contribution in [-0.4, -0.2) is 87.7 Å². The number of phenolic OH excluding ortho intramolecular Hbond substituents is 1. The average Bonchev–Trinajstić information content (AvgIpc) is 3.83. The van der Waals surface area contributed by atoms with Crippen molar-refractivity contribution in [3.05, 3.63) is 47.7 Å². The normalized spacial score (nSPS) is 26.3. The lowest BCUT2D eigenvalue weighted by Gasteiger charge is -2.46. The molecule has 2 saturated heterocycles. The molecule has 2 N–H and O–H groups in total. The SMILES string of the molecule is CCc1c(F)ccc2cc(O)cc(-c3ncc4c(N5CCOCC(C)(O)C5)nc(OCC56CCCC5N(CC5CC5)CCC6)nc4c3F)c12. The summed E-state index contributed by atoms with van der Waals surface area (Å²) >= 11 is 0. The molecule has 4 fully saturated rings. The van der Waals surface area contributed by atoms with E-state index in [1.807, 2.05) is 11.8 Å². The van der Waals surface area contributed by atoms with E-state index in [0.29, 0.717) is 59.8 Å². The molecule has 0 amide bonds. The van der Waals surface area contributed by atoms with Crippen LogP contribution in [0.4, 0.5) is 14.6 Å². The van der Waals surface area contributed by atoms with Crippen molar-refractivity contribution in [2.75, 3.05) is 50.9 Å². The summed E-state index contributed by atoms with van der Waals surface area (Å²) in [7, 11) is 0. The molecule has 3 unspecified atom stereocenters. The lowest BCUT2D eigenvalue weighted by Crippen LogP contribution is -2.52. The number of piperidine rings is 1. The number of fused-ring (bicyclic) bond motifs is 3. The van der Waals surface area contributed by atoms with Gasteiger partial charge in [0, 0.05) is 36.3 Å². The maximum Gasteiger partial charge on any atom is 0.319 e. The fourth-order valence-corrected chi connectivity index (χ4v) is 8.80. The Morgan fingerprint density at radius 3 is 2.73 bits per heavy atom. The number of aryl methyl sites for hydroxylation is 1. The molecule has 4 aromatic rings. The molecular formula is C38H45F2N5O4. The van der Waals surface area contributed by atoms with Gasteiger partial charge in [0.15, 0.2) is 5.82 Å². The number of hydrogen-bond donors (Lipinski definition) is 2. The average molecular weight is 674 g/mol. The van der Waals surface area contributed by atoms with Gasteiger partial charge in [-0.1, -0.05) is 19.4 Å². The molecule has 2 aliphatic heterocycles. The standard InChI is InChI=1S/C38H45F2N5O4/c1-3-26-29(39)10-9-24-16-25(46)17-27(31(24)26)33-32(40)34-28(18-41-33)35(45-14-15-48-21-37(2,47)20-45)43-36(42-34)49-22-38-11-4-6-30(38)44(13-5-12-38)19-23-7-8-23/h9-10,16-18,23,30,46-47H,3-8,11-15,19-22H2,1-2H3. The number of halogens is 2. The largest absolute Gasteiger partial charge is 0.508 e. The van der Waals surface area contributed by atoms with Gasteiger partial charge < -0.3 is 24.6 Å². The number of pyridine rings is 1. The smallest absolute Gasteiger partial charge is 0.319 e. The number of phenols is 1. The van der Waals surface area contributed by atoms with Gasteiger partial charge in [0.2, 0.25) is 0 Å². The van der Waals surface area contributed by atoms with E-state index in [-0.39, 0.29) is 47.1 Å². The Morgan fingerprint density at radius 1 is 1.08 bits per heavy atom. The second-order valence-electron chi connectivity index (χ2n) is 15.1. The zero-order valence-corrected chi connectivity index (χ0v) is 28.4. The molecule has 0 spiro atoms. The number of aliphatic hydroxyl groups is 1. The van der Waals surface area contributed by atoms with Gasteiger partial charge >= 0.3 is 6.01 Å². The highest BCUT2D eigenvalue weighted by atomic mass is 19.1. The van der Waals surface area contributed by atoms with Crippen molar-refractivity contribution in [3.8, 4) is 23.0 Å². The molecule has 3 atom stereocenters. The third-order valence-electron chi connectivity index (χ3n) is 11.3. The fourth-order valence-electron chi connectivity index (χ4n) is 8.80. The Bertz CT molecular complexity index is 1900. The summed E-state index contributed by atoms with van der Waals surface area (Å²) in [5.41, 5.74) is -0.500. The highest BCUT2D eigenvalue weighted by molar-refractivity contribution is 6.01. The van der Waals surface area contributed by atoms with Crippen LogP contribution in [0.15, 0.2) is 30.5 Å². The van der Waals surface area contributed by atoms with Gasteiger partial charge in [0.05, 0.1) is 31.8 Å². The van der Waals surface area contributed by atoms with Crippen molar-refractivity contribution in [1.29, 1.82) is 0 Å². The van der Waals surface area contributed by atoms with Crippen LogP contribution in [0.3, 0.4) is 0 Å². The quantitative estimate of drug-likeness (QED) is 0.220. The number of ether oxygens (including phenoxy) is 2. The first-order chi connectivity index (χ1) is 23.6. The van der Waals surface area contributed by atoms with Crippen LogP contribution in [0, 0.1) is 23.0 Å². The summed E-state index contributed by atoms with van der Waals surface area (Å²) in [5, 5.41) is 23.1. The van der Waals surface area contributed by atoms with Crippen LogP contribution < -0.4 is 9.64 Å². The molecule has 260 valence electrons. The number of nitrogens with zero attached hydrogens (tertiary/aromatic N) is 5. The first kappa shape index (κ1) is 32.5. The van der Waals surface area contributed by atoms with Crippen molar-refractivity contribution in [2.45, 2.75) is 76.9 Å². The van der Waals surface area contributed by atoms with Crippen LogP contribution in [0.2, 0.25) is 0 Å². The molecule has 2 aliphatic carbocycles. The number of rotatable bonds is 8. The molecule has 0 bridgehead atoms. The van der Waals surface area contributed by atoms with Gasteiger partial charge in [-0.25, -0.2) is 8.78 Å². The fraction of sp³-hybridized carbons (Fsp3) is 0.553. The molecule has 2 aromatic heterocycles. The number of aromatic nitrogens is 3. The van der Waals surface area contributed by atoms with Gasteiger partial charge in [-0.2, -0.15) is 9.97 Å². The monoisotopic (exact) mass is 673 g/mol. The van der Waals surface area contributed by atoms with Gasteiger partial charge in [0.1, 0.15) is 34.2 Å². The van der Waals surface area contributed by atoms with Crippen LogP contribution in [0.5, 0.6) is 11.8 Å². The summed E-state index contributed by atoms with van der Waals surface area (Å²) in [6.45, 7) is 7.43. The maximum absolute atomic E-state index is 17.0. The molecule has 49 heavy (non-hydrogen) atoms. The van der Waals surface area contributed by atoms with Crippen molar-refractivity contribution < 1.29 is 28.5 Å². The molecule has 0 radical (unpaired) electrons. The van der Waals surface area contributed by atoms with E-state index in [1.54, 1.807) is 19.1 Å². The Morgan fingerprint density at radius 2 is 1.92 bits per heavy atom. The van der Waals surface area contributed by atoms with Gasteiger partial charge in [-0.15, -0.1) is 0 Å². The van der Waals surface area contributed by atoms with Crippen molar-refractivity contribution in [2.24, 2.45) is 11.3 Å². The van der Waals surface area contributed by atoms with E-state index >= 15 is 8.78 Å². The van der Waals surface area contributed by atoms with E-state index in [2.05, 4.69) is 9.88 Å². The van der Waals surface area contributed by atoms with E-state index < -0.39 is 17.2 Å². The van der Waals surface area contributed by atoms with Gasteiger partial charge in [-0.3, -0.25) is 9.88 Å². The zero-order valence-electron chi connectivity index (χ0n) is 28.4. The number of benzene rings is 2. The van der Waals surface area contributed by atoms with Crippen LogP contribution >= 0.6 is 0 Å². The van der Waals surface area contributed by atoms with E-state index in [9.17, 15) is 10.2 Å². The summed E-state index contributed by atoms with van der Waals surface area (Å²) in [6, 6.07) is 6.45. The third kappa shape index (κ3) is 6.08. The molecule has 11 heteroatoms. The molecule has 4 heterocycles. The zero-order chi connectivity index (χ0) is 33.9. The van der Waals surface area contributed by atoms with Crippen LogP contribution in [-0.2, 0) is 11.2 Å². The number of β-amino-alcohol motifs (C(OH)–C–C–N with tert-alkyl or cyclic N) is 1. The Kier molecular flexibility index (Phi) is 8.35. The van der Waals surface area contributed by atoms with Crippen molar-refractivity contribution >= 4 is 27.5 Å². The van der Waals surface area contributed by atoms with Crippen molar-refractivity contribution in [3.63, 3.8) is 0 Å². The van der Waals surface area contributed by atoms with Crippen LogP contribution in [0.1, 0.15) is 64.4 Å². The molecule has 9 nitrogen and oxygen atoms in total. The molecule has 4 aliphatic rings. The highest BCUT2D eigenvalue weighted by Gasteiger charge is 2.49. The van der Waals surface area contributed by atoms with Gasteiger partial charge in [0.25, 0.3) is 0 Å². The number of anilines is 1. The lowest BCUT2D eigenvalue weighted by atomic mass is 9.75. The Labute approximate surface area is 285 Å². The minimum Gasteiger partial charge on any atom is -0.508 e. The summed E-state index contributed by atoms with van der Waals surface area (Å²) < 4.78 is 44.3. The first-order valence-electron chi connectivity index (χ1n) is 17.9. The molecule has 2 saturated carbocycles. The number of aromatic hydroxyl groups is 1. The number of hydrogen-bond acceptors (Lipinski definition) is 9. The minimum atomic E-state index is -1.16. The molecule has 2 aromatic carbocycles. The predicted molar refractivity (Wildman–Crippen MR) is 184 cm³/mol. The highest BCUT2D eigenvalue weighted by Crippen LogP contribution is 2.49. The van der Waals surface area contributed by atoms with E-state index in [4.69, 9.17) is 19.4 Å². The molecular weight excluding hydrogens is 628 g/mol. The van der Waals surface area contributed by atoms with E-state index in [1.165, 1.54) is 31.2 Å². The lowest BCUT2D eigenvalue weighted by molar-refractivity contribution is -0.0123. The first-order valence-corrected chi connectivity index (χ1v) is 17.9. The number of likely N-dealkylation sites (tertiary alicyclic amines) is 1. The molecule has 8 rings (SSSR count). The van der Waals surface area contributed by atoms with Gasteiger partial charge in [-0.05, 0) is 98.9 Å². The predicted octanol–water partition coefficient (Wildman–Crippen LogP) is 6.40. The summed E-state index contributed by atoms with van der Waals surface area (Å²) in [6.07, 6.45) is 10.1. The van der Waals surface area contributed by atoms with Crippen molar-refractivity contribution in [1.82, 2.24) is 19.9 Å². The van der Waals surface area contributed by atoms with E-state index in [0.717, 1.165) is 51.1 Å². The topological polar surface area (TPSA) is 104 Å². The summed E-state index contributed by atoms with van der Waals surface area (Å²) in [4.78, 5) is 18.7. The third-order valence-corrected chi connectivity index (χ3v) is 11.3. The minimum absolute atomic E-state index is 0.00517. The Hall–Kier alpha value is -3.67. The maximum atomic E-state index is 17.0.